The Labute approximate surface area is 158 Å². The Morgan fingerprint density at radius 3 is 1.04 bits per heavy atom. The van der Waals surface area contributed by atoms with Crippen LogP contribution in [0.2, 0.25) is 0 Å². The van der Waals surface area contributed by atoms with E-state index in [1.807, 2.05) is 0 Å². The molecule has 0 N–H and O–H groups in total. The first-order valence-corrected chi connectivity index (χ1v) is 9.50. The van der Waals surface area contributed by atoms with Crippen molar-refractivity contribution >= 4 is 11.9 Å². The molecule has 0 saturated heterocycles. The molecule has 0 rings (SSSR count). The fraction of sp³-hybridized carbons (Fsp3) is 0.900. The van der Waals surface area contributed by atoms with Crippen LogP contribution in [0.1, 0.15) is 82.1 Å². The summed E-state index contributed by atoms with van der Waals surface area (Å²) >= 11 is 0. The monoisotopic (exact) mass is 374 g/mol. The van der Waals surface area contributed by atoms with Crippen LogP contribution in [0.4, 0.5) is 0 Å². The maximum absolute atomic E-state index is 13.2. The third-order valence-corrected chi connectivity index (χ3v) is 3.89. The molecule has 0 aliphatic rings. The molecule has 0 saturated carbocycles. The van der Waals surface area contributed by atoms with E-state index in [9.17, 15) is 9.59 Å². The van der Waals surface area contributed by atoms with Crippen LogP contribution in [-0.2, 0) is 28.5 Å². The molecule has 0 aromatic carbocycles. The SMILES string of the molecule is CCOC(CC)(C(=O)OC(C)(C)C)C(CC)(OCC)C(=O)OC(C)(C)C. The van der Waals surface area contributed by atoms with Crippen LogP contribution >= 0.6 is 0 Å². The summed E-state index contributed by atoms with van der Waals surface area (Å²) < 4.78 is 23.1. The normalized spacial score (nSPS) is 17.2. The van der Waals surface area contributed by atoms with Crippen molar-refractivity contribution in [1.29, 1.82) is 0 Å². The highest BCUT2D eigenvalue weighted by molar-refractivity contribution is 5.93. The minimum absolute atomic E-state index is 0.211. The summed E-state index contributed by atoms with van der Waals surface area (Å²) in [6.07, 6.45) is 0.422. The van der Waals surface area contributed by atoms with Gasteiger partial charge in [-0.25, -0.2) is 9.59 Å². The second-order valence-corrected chi connectivity index (χ2v) is 8.23. The van der Waals surface area contributed by atoms with E-state index in [2.05, 4.69) is 0 Å². The van der Waals surface area contributed by atoms with Gasteiger partial charge in [-0.2, -0.15) is 0 Å². The second kappa shape index (κ2) is 9.18. The molecule has 26 heavy (non-hydrogen) atoms. The third kappa shape index (κ3) is 5.68. The van der Waals surface area contributed by atoms with Gasteiger partial charge in [-0.05, 0) is 68.2 Å². The van der Waals surface area contributed by atoms with Crippen LogP contribution < -0.4 is 0 Å². The average molecular weight is 375 g/mol. The Hall–Kier alpha value is -1.14. The standard InChI is InChI=1S/C20H38O6/c1-11-19(23-13-3,15(21)25-17(5,6)7)20(12-2,24-14-4)16(22)26-18(8,9)10/h11-14H2,1-10H3. The Balaban J connectivity index is 6.43. The van der Waals surface area contributed by atoms with Crippen molar-refractivity contribution in [3.05, 3.63) is 0 Å². The zero-order valence-electron chi connectivity index (χ0n) is 18.3. The highest BCUT2D eigenvalue weighted by Crippen LogP contribution is 2.40. The Morgan fingerprint density at radius 1 is 0.615 bits per heavy atom. The van der Waals surface area contributed by atoms with Crippen LogP contribution in [0.3, 0.4) is 0 Å². The maximum atomic E-state index is 13.2. The van der Waals surface area contributed by atoms with Gasteiger partial charge in [0.05, 0.1) is 0 Å². The number of carbonyl (C=O) groups excluding carboxylic acids is 2. The van der Waals surface area contributed by atoms with Crippen LogP contribution in [0.15, 0.2) is 0 Å². The van der Waals surface area contributed by atoms with Crippen molar-refractivity contribution in [2.45, 2.75) is 104 Å². The predicted octanol–water partition coefficient (Wildman–Crippen LogP) is 4.04. The first-order chi connectivity index (χ1) is 11.7. The van der Waals surface area contributed by atoms with E-state index in [1.54, 1.807) is 69.2 Å². The van der Waals surface area contributed by atoms with Crippen molar-refractivity contribution in [3.63, 3.8) is 0 Å². The molecule has 0 bridgehead atoms. The topological polar surface area (TPSA) is 71.1 Å². The van der Waals surface area contributed by atoms with Crippen molar-refractivity contribution in [2.75, 3.05) is 13.2 Å². The fourth-order valence-electron chi connectivity index (χ4n) is 2.96. The van der Waals surface area contributed by atoms with E-state index in [1.165, 1.54) is 0 Å². The number of hydrogen-bond acceptors (Lipinski definition) is 6. The summed E-state index contributed by atoms with van der Waals surface area (Å²) in [7, 11) is 0. The lowest BCUT2D eigenvalue weighted by molar-refractivity contribution is -0.245. The number of esters is 2. The molecule has 6 nitrogen and oxygen atoms in total. The molecule has 0 aromatic heterocycles. The molecule has 6 heteroatoms. The quantitative estimate of drug-likeness (QED) is 0.567. The molecule has 0 radical (unpaired) electrons. The van der Waals surface area contributed by atoms with Gasteiger partial charge >= 0.3 is 11.9 Å². The third-order valence-electron chi connectivity index (χ3n) is 3.89. The largest absolute Gasteiger partial charge is 0.458 e. The number of hydrogen-bond donors (Lipinski definition) is 0. The summed E-state index contributed by atoms with van der Waals surface area (Å²) in [4.78, 5) is 26.4. The van der Waals surface area contributed by atoms with E-state index in [0.717, 1.165) is 0 Å². The zero-order valence-corrected chi connectivity index (χ0v) is 18.3. The van der Waals surface area contributed by atoms with Crippen molar-refractivity contribution < 1.29 is 28.5 Å². The molecule has 0 aromatic rings. The van der Waals surface area contributed by atoms with Gasteiger partial charge in [-0.3, -0.25) is 0 Å². The zero-order chi connectivity index (χ0) is 20.8. The van der Waals surface area contributed by atoms with Gasteiger partial charge in [0.25, 0.3) is 0 Å². The van der Waals surface area contributed by atoms with E-state index in [0.29, 0.717) is 0 Å². The molecule has 0 aliphatic carbocycles. The van der Waals surface area contributed by atoms with E-state index < -0.39 is 34.3 Å². The number of carbonyl (C=O) groups is 2. The summed E-state index contributed by atoms with van der Waals surface area (Å²) in [5.74, 6) is -1.23. The van der Waals surface area contributed by atoms with E-state index >= 15 is 0 Å². The van der Waals surface area contributed by atoms with Crippen LogP contribution in [0.5, 0.6) is 0 Å². The molecule has 2 atom stereocenters. The summed E-state index contributed by atoms with van der Waals surface area (Å²) in [6, 6.07) is 0. The van der Waals surface area contributed by atoms with Crippen molar-refractivity contribution in [1.82, 2.24) is 0 Å². The van der Waals surface area contributed by atoms with Gasteiger partial charge in [0.1, 0.15) is 11.2 Å². The minimum atomic E-state index is -1.60. The van der Waals surface area contributed by atoms with Crippen LogP contribution in [0.25, 0.3) is 0 Å². The van der Waals surface area contributed by atoms with Crippen LogP contribution in [0, 0.1) is 0 Å². The lowest BCUT2D eigenvalue weighted by atomic mass is 9.77. The Morgan fingerprint density at radius 2 is 0.885 bits per heavy atom. The molecular formula is C20H38O6. The summed E-state index contributed by atoms with van der Waals surface area (Å²) in [6.45, 7) is 18.2. The lowest BCUT2D eigenvalue weighted by Crippen LogP contribution is -2.67. The molecule has 0 aliphatic heterocycles. The molecule has 2 unspecified atom stereocenters. The highest BCUT2D eigenvalue weighted by Gasteiger charge is 2.64. The van der Waals surface area contributed by atoms with E-state index in [-0.39, 0.29) is 26.1 Å². The van der Waals surface area contributed by atoms with Crippen molar-refractivity contribution in [2.24, 2.45) is 0 Å². The van der Waals surface area contributed by atoms with Gasteiger partial charge in [-0.1, -0.05) is 13.8 Å². The summed E-state index contributed by atoms with van der Waals surface area (Å²) in [5.41, 5.74) is -4.65. The predicted molar refractivity (Wildman–Crippen MR) is 101 cm³/mol. The minimum Gasteiger partial charge on any atom is -0.458 e. The first kappa shape index (κ1) is 24.9. The van der Waals surface area contributed by atoms with Crippen LogP contribution in [-0.4, -0.2) is 47.6 Å². The summed E-state index contributed by atoms with van der Waals surface area (Å²) in [5, 5.41) is 0. The van der Waals surface area contributed by atoms with Crippen molar-refractivity contribution in [3.8, 4) is 0 Å². The highest BCUT2D eigenvalue weighted by atomic mass is 16.6. The number of ether oxygens (including phenoxy) is 4. The molecule has 0 spiro atoms. The molecule has 0 heterocycles. The second-order valence-electron chi connectivity index (χ2n) is 8.23. The van der Waals surface area contributed by atoms with Gasteiger partial charge < -0.3 is 18.9 Å². The maximum Gasteiger partial charge on any atom is 0.342 e. The first-order valence-electron chi connectivity index (χ1n) is 9.50. The van der Waals surface area contributed by atoms with E-state index in [4.69, 9.17) is 18.9 Å². The van der Waals surface area contributed by atoms with Gasteiger partial charge in [0.2, 0.25) is 11.2 Å². The van der Waals surface area contributed by atoms with Gasteiger partial charge in [0.15, 0.2) is 0 Å². The molecule has 0 amide bonds. The molecular weight excluding hydrogens is 336 g/mol. The average Bonchev–Trinajstić information content (AvgIpc) is 2.47. The van der Waals surface area contributed by atoms with Gasteiger partial charge in [0, 0.05) is 13.2 Å². The lowest BCUT2D eigenvalue weighted by Gasteiger charge is -2.46. The van der Waals surface area contributed by atoms with Gasteiger partial charge in [-0.15, -0.1) is 0 Å². The molecule has 154 valence electrons. The Bertz CT molecular complexity index is 430. The molecule has 0 fully saturated rings. The Kier molecular flexibility index (Phi) is 8.77. The number of rotatable bonds is 9. The smallest absolute Gasteiger partial charge is 0.342 e. The fourth-order valence-corrected chi connectivity index (χ4v) is 2.96.